The number of rotatable bonds is 4. The lowest BCUT2D eigenvalue weighted by atomic mass is 10.2. The molecule has 0 heterocycles. The van der Waals surface area contributed by atoms with E-state index in [1.807, 2.05) is 32.5 Å². The van der Waals surface area contributed by atoms with Crippen LogP contribution in [0.25, 0.3) is 0 Å². The van der Waals surface area contributed by atoms with Gasteiger partial charge in [0.2, 0.25) is 0 Å². The molecule has 1 aromatic rings. The molecule has 5 N–H and O–H groups in total. The number of aliphatic imine (C=N–C) groups is 1. The molecule has 0 fully saturated rings. The van der Waals surface area contributed by atoms with Crippen LogP contribution in [-0.4, -0.2) is 40.9 Å². The SMILES string of the molecule is CSC(N)=Nc1cccc(CN(C)C)c1.Cl.ONOO. The van der Waals surface area contributed by atoms with Crippen LogP contribution in [0, 0.1) is 0 Å². The predicted molar refractivity (Wildman–Crippen MR) is 84.5 cm³/mol. The number of halogens is 1. The molecule has 0 atom stereocenters. The third kappa shape index (κ3) is 11.0. The molecule has 0 radical (unpaired) electrons. The van der Waals surface area contributed by atoms with Gasteiger partial charge in [0, 0.05) is 6.54 Å². The lowest BCUT2D eigenvalue weighted by Gasteiger charge is -2.09. The summed E-state index contributed by atoms with van der Waals surface area (Å²) in [6, 6.07) is 8.12. The maximum Gasteiger partial charge on any atom is 0.158 e. The Hall–Kier alpha value is -0.870. The Balaban J connectivity index is 0. The first kappa shape index (κ1) is 21.4. The summed E-state index contributed by atoms with van der Waals surface area (Å²) >= 11 is 1.46. The highest BCUT2D eigenvalue weighted by Gasteiger charge is 1.97. The Kier molecular flexibility index (Phi) is 14.1. The minimum Gasteiger partial charge on any atom is -0.378 e. The standard InChI is InChI=1S/C11H17N3S.ClH.H3NO3/c1-14(2)8-9-5-4-6-10(7-9)13-11(12)15-3;;2-1-4-3/h4-7H,8H2,1-3H3,(H2,12,13);1H;1-3H. The largest absolute Gasteiger partial charge is 0.378 e. The third-order valence-electron chi connectivity index (χ3n) is 1.90. The number of benzene rings is 1. The monoisotopic (exact) mass is 324 g/mol. The lowest BCUT2D eigenvalue weighted by Crippen LogP contribution is -2.10. The summed E-state index contributed by atoms with van der Waals surface area (Å²) in [6.07, 6.45) is 1.92. The number of amidine groups is 1. The molecule has 0 aromatic heterocycles. The van der Waals surface area contributed by atoms with Crippen molar-refractivity contribution in [2.75, 3.05) is 20.4 Å². The number of thioether (sulfide) groups is 1. The van der Waals surface area contributed by atoms with E-state index >= 15 is 0 Å². The molecule has 0 unspecified atom stereocenters. The van der Waals surface area contributed by atoms with Gasteiger partial charge in [0.05, 0.1) is 5.69 Å². The fourth-order valence-corrected chi connectivity index (χ4v) is 1.46. The van der Waals surface area contributed by atoms with Gasteiger partial charge < -0.3 is 10.6 Å². The van der Waals surface area contributed by atoms with E-state index in [2.05, 4.69) is 27.0 Å². The first-order valence-electron chi connectivity index (χ1n) is 5.34. The van der Waals surface area contributed by atoms with Gasteiger partial charge in [0.25, 0.3) is 0 Å². The second-order valence-electron chi connectivity index (χ2n) is 3.74. The van der Waals surface area contributed by atoms with E-state index in [0.717, 1.165) is 17.9 Å². The molecule has 7 nitrogen and oxygen atoms in total. The Morgan fingerprint density at radius 2 is 2.10 bits per heavy atom. The van der Waals surface area contributed by atoms with E-state index < -0.39 is 0 Å². The highest BCUT2D eigenvalue weighted by atomic mass is 35.5. The average Bonchev–Trinajstić information content (AvgIpc) is 2.38. The van der Waals surface area contributed by atoms with Crippen molar-refractivity contribution in [1.82, 2.24) is 10.5 Å². The first-order chi connectivity index (χ1) is 9.03. The summed E-state index contributed by atoms with van der Waals surface area (Å²) in [5, 5.41) is 14.8. The molecule has 9 heteroatoms. The molecule has 116 valence electrons. The van der Waals surface area contributed by atoms with Gasteiger partial charge in [-0.25, -0.2) is 10.2 Å². The van der Waals surface area contributed by atoms with Crippen molar-refractivity contribution in [3.8, 4) is 0 Å². The molecular formula is C11H21ClN4O3S. The normalized spacial score (nSPS) is 10.6. The maximum atomic E-state index is 7.15. The van der Waals surface area contributed by atoms with E-state index in [1.165, 1.54) is 17.3 Å². The minimum atomic E-state index is 0. The van der Waals surface area contributed by atoms with Gasteiger partial charge in [-0.15, -0.1) is 17.4 Å². The van der Waals surface area contributed by atoms with Gasteiger partial charge in [0.1, 0.15) is 0 Å². The van der Waals surface area contributed by atoms with E-state index in [1.54, 1.807) is 0 Å². The molecule has 0 aliphatic rings. The quantitative estimate of drug-likeness (QED) is 0.290. The van der Waals surface area contributed by atoms with Crippen molar-refractivity contribution >= 4 is 35.0 Å². The zero-order chi connectivity index (χ0) is 14.7. The van der Waals surface area contributed by atoms with Crippen molar-refractivity contribution in [2.45, 2.75) is 6.54 Å². The Morgan fingerprint density at radius 3 is 2.55 bits per heavy atom. The third-order valence-corrected chi connectivity index (χ3v) is 2.41. The van der Waals surface area contributed by atoms with Crippen LogP contribution in [-0.2, 0) is 11.5 Å². The van der Waals surface area contributed by atoms with Crippen molar-refractivity contribution in [2.24, 2.45) is 10.7 Å². The Labute approximate surface area is 129 Å². The van der Waals surface area contributed by atoms with Crippen LogP contribution in [0.2, 0.25) is 0 Å². The van der Waals surface area contributed by atoms with Crippen molar-refractivity contribution < 1.29 is 15.5 Å². The van der Waals surface area contributed by atoms with Gasteiger partial charge in [-0.05, 0) is 43.7 Å². The number of nitrogens with zero attached hydrogens (tertiary/aromatic N) is 2. The Morgan fingerprint density at radius 1 is 1.50 bits per heavy atom. The summed E-state index contributed by atoms with van der Waals surface area (Å²) in [6.45, 7) is 0.919. The second kappa shape index (κ2) is 13.1. The topological polar surface area (TPSA) is 103 Å². The highest BCUT2D eigenvalue weighted by Crippen LogP contribution is 2.16. The minimum absolute atomic E-state index is 0. The number of hydrogen-bond donors (Lipinski definition) is 4. The lowest BCUT2D eigenvalue weighted by molar-refractivity contribution is -0.356. The number of nitrogens with one attached hydrogen (secondary N) is 1. The van der Waals surface area contributed by atoms with E-state index in [0.29, 0.717) is 5.17 Å². The van der Waals surface area contributed by atoms with Crippen LogP contribution in [0.15, 0.2) is 29.3 Å². The summed E-state index contributed by atoms with van der Waals surface area (Å²) < 4.78 is 0. The summed E-state index contributed by atoms with van der Waals surface area (Å²) in [5.74, 6) is 0. The molecule has 0 saturated heterocycles. The molecule has 0 aliphatic carbocycles. The van der Waals surface area contributed by atoms with Gasteiger partial charge in [-0.1, -0.05) is 23.9 Å². The van der Waals surface area contributed by atoms with Crippen LogP contribution in [0.3, 0.4) is 0 Å². The van der Waals surface area contributed by atoms with Crippen LogP contribution in [0.1, 0.15) is 5.56 Å². The zero-order valence-electron chi connectivity index (χ0n) is 11.6. The Bertz CT molecular complexity index is 392. The smallest absolute Gasteiger partial charge is 0.158 e. The van der Waals surface area contributed by atoms with Crippen LogP contribution >= 0.6 is 24.2 Å². The van der Waals surface area contributed by atoms with E-state index in [-0.39, 0.29) is 12.4 Å². The van der Waals surface area contributed by atoms with Crippen molar-refractivity contribution in [1.29, 1.82) is 0 Å². The van der Waals surface area contributed by atoms with Crippen LogP contribution in [0.5, 0.6) is 0 Å². The maximum absolute atomic E-state index is 7.15. The molecule has 1 aromatic carbocycles. The van der Waals surface area contributed by atoms with Gasteiger partial charge in [-0.3, -0.25) is 5.21 Å². The first-order valence-corrected chi connectivity index (χ1v) is 6.57. The molecule has 0 spiro atoms. The molecule has 20 heavy (non-hydrogen) atoms. The molecule has 0 amide bonds. The van der Waals surface area contributed by atoms with Crippen LogP contribution < -0.4 is 11.4 Å². The molecular weight excluding hydrogens is 304 g/mol. The molecule has 0 bridgehead atoms. The molecule has 0 saturated carbocycles. The average molecular weight is 325 g/mol. The predicted octanol–water partition coefficient (Wildman–Crippen LogP) is 1.85. The highest BCUT2D eigenvalue weighted by molar-refractivity contribution is 8.13. The van der Waals surface area contributed by atoms with Gasteiger partial charge >= 0.3 is 0 Å². The van der Waals surface area contributed by atoms with Crippen molar-refractivity contribution in [3.63, 3.8) is 0 Å². The summed E-state index contributed by atoms with van der Waals surface area (Å²) in [4.78, 5) is 9.26. The van der Waals surface area contributed by atoms with E-state index in [9.17, 15) is 0 Å². The molecule has 0 aliphatic heterocycles. The van der Waals surface area contributed by atoms with Crippen molar-refractivity contribution in [3.05, 3.63) is 29.8 Å². The molecule has 1 rings (SSSR count). The summed E-state index contributed by atoms with van der Waals surface area (Å²) in [5.41, 5.74) is 8.81. The van der Waals surface area contributed by atoms with E-state index in [4.69, 9.17) is 16.2 Å². The second-order valence-corrected chi connectivity index (χ2v) is 4.57. The van der Waals surface area contributed by atoms with Crippen LogP contribution in [0.4, 0.5) is 5.69 Å². The zero-order valence-corrected chi connectivity index (χ0v) is 13.2. The fraction of sp³-hybridized carbons (Fsp3) is 0.364. The number of hydrogen-bond acceptors (Lipinski definition) is 7. The van der Waals surface area contributed by atoms with Gasteiger partial charge in [0.15, 0.2) is 5.17 Å². The van der Waals surface area contributed by atoms with Gasteiger partial charge in [-0.2, -0.15) is 0 Å². The summed E-state index contributed by atoms with van der Waals surface area (Å²) in [7, 11) is 4.10. The number of nitrogens with two attached hydrogens (primary N) is 1. The fourth-order valence-electron chi connectivity index (χ4n) is 1.26.